The molecule has 0 radical (unpaired) electrons. The van der Waals surface area contributed by atoms with E-state index in [0.717, 1.165) is 49.4 Å². The number of aromatic nitrogens is 3. The lowest BCUT2D eigenvalue weighted by Crippen LogP contribution is -2.45. The first-order valence-electron chi connectivity index (χ1n) is 8.55. The molecule has 0 bridgehead atoms. The molecule has 7 nitrogen and oxygen atoms in total. The summed E-state index contributed by atoms with van der Waals surface area (Å²) in [6.45, 7) is 7.45. The maximum absolute atomic E-state index is 12.8. The number of nitrogens with zero attached hydrogens (tertiary/aromatic N) is 4. The van der Waals surface area contributed by atoms with Gasteiger partial charge in [-0.25, -0.2) is 9.78 Å². The van der Waals surface area contributed by atoms with E-state index < -0.39 is 0 Å². The van der Waals surface area contributed by atoms with Crippen LogP contribution in [0.3, 0.4) is 0 Å². The summed E-state index contributed by atoms with van der Waals surface area (Å²) < 4.78 is 7.28. The number of imidazole rings is 1. The Labute approximate surface area is 142 Å². The summed E-state index contributed by atoms with van der Waals surface area (Å²) in [5.74, 6) is 0.774. The number of hydrogen-bond donors (Lipinski definition) is 1. The van der Waals surface area contributed by atoms with Gasteiger partial charge in [-0.15, -0.1) is 0 Å². The van der Waals surface area contributed by atoms with Gasteiger partial charge in [-0.05, 0) is 33.1 Å². The molecule has 2 aromatic rings. The predicted molar refractivity (Wildman–Crippen MR) is 89.5 cm³/mol. The first kappa shape index (κ1) is 16.5. The van der Waals surface area contributed by atoms with Gasteiger partial charge >= 0.3 is 6.03 Å². The van der Waals surface area contributed by atoms with Crippen LogP contribution in [0.2, 0.25) is 0 Å². The second-order valence-electron chi connectivity index (χ2n) is 6.40. The predicted octanol–water partition coefficient (Wildman–Crippen LogP) is 2.81. The van der Waals surface area contributed by atoms with E-state index in [0.29, 0.717) is 0 Å². The first-order valence-corrected chi connectivity index (χ1v) is 8.55. The van der Waals surface area contributed by atoms with Crippen LogP contribution in [0.25, 0.3) is 0 Å². The average molecular weight is 331 g/mol. The van der Waals surface area contributed by atoms with Crippen molar-refractivity contribution in [1.82, 2.24) is 24.9 Å². The lowest BCUT2D eigenvalue weighted by molar-refractivity contribution is 0.183. The molecular weight excluding hydrogens is 306 g/mol. The van der Waals surface area contributed by atoms with Crippen LogP contribution in [-0.2, 0) is 6.54 Å². The lowest BCUT2D eigenvalue weighted by Gasteiger charge is -2.28. The van der Waals surface area contributed by atoms with Crippen molar-refractivity contribution in [3.8, 4) is 0 Å². The Morgan fingerprint density at radius 3 is 2.96 bits per heavy atom. The van der Waals surface area contributed by atoms with E-state index in [4.69, 9.17) is 4.52 Å². The van der Waals surface area contributed by atoms with Gasteiger partial charge in [-0.2, -0.15) is 0 Å². The summed E-state index contributed by atoms with van der Waals surface area (Å²) in [5.41, 5.74) is 1.84. The minimum Gasteiger partial charge on any atom is -0.361 e. The van der Waals surface area contributed by atoms with Crippen molar-refractivity contribution in [1.29, 1.82) is 0 Å². The van der Waals surface area contributed by atoms with Crippen molar-refractivity contribution in [2.75, 3.05) is 6.54 Å². The number of carbonyl (C=O) groups excluding carboxylic acids is 1. The Morgan fingerprint density at radius 1 is 1.50 bits per heavy atom. The largest absolute Gasteiger partial charge is 0.361 e. The van der Waals surface area contributed by atoms with Crippen LogP contribution >= 0.6 is 0 Å². The van der Waals surface area contributed by atoms with E-state index in [1.54, 1.807) is 12.5 Å². The fourth-order valence-electron chi connectivity index (χ4n) is 3.53. The van der Waals surface area contributed by atoms with Crippen molar-refractivity contribution in [2.24, 2.45) is 0 Å². The van der Waals surface area contributed by atoms with E-state index in [1.165, 1.54) is 0 Å². The van der Waals surface area contributed by atoms with Crippen LogP contribution in [0, 0.1) is 13.8 Å². The van der Waals surface area contributed by atoms with Gasteiger partial charge in [0.05, 0.1) is 24.1 Å². The van der Waals surface area contributed by atoms with Crippen molar-refractivity contribution >= 4 is 6.03 Å². The van der Waals surface area contributed by atoms with Crippen LogP contribution < -0.4 is 5.32 Å². The third-order valence-electron chi connectivity index (χ3n) is 4.76. The Morgan fingerprint density at radius 2 is 2.33 bits per heavy atom. The molecule has 1 saturated heterocycles. The molecule has 3 heterocycles. The number of amides is 2. The highest BCUT2D eigenvalue weighted by atomic mass is 16.5. The third-order valence-corrected chi connectivity index (χ3v) is 4.76. The van der Waals surface area contributed by atoms with Crippen molar-refractivity contribution < 1.29 is 9.32 Å². The molecule has 0 spiro atoms. The highest BCUT2D eigenvalue weighted by Crippen LogP contribution is 2.25. The van der Waals surface area contributed by atoms with Crippen LogP contribution in [0.15, 0.2) is 23.2 Å². The molecule has 130 valence electrons. The van der Waals surface area contributed by atoms with Crippen LogP contribution in [0.1, 0.15) is 49.2 Å². The van der Waals surface area contributed by atoms with Gasteiger partial charge in [-0.3, -0.25) is 0 Å². The van der Waals surface area contributed by atoms with E-state index in [2.05, 4.69) is 22.4 Å². The highest BCUT2D eigenvalue weighted by molar-refractivity contribution is 5.75. The quantitative estimate of drug-likeness (QED) is 0.914. The summed E-state index contributed by atoms with van der Waals surface area (Å²) in [7, 11) is 0. The smallest absolute Gasteiger partial charge is 0.318 e. The molecule has 1 aliphatic heterocycles. The molecule has 7 heteroatoms. The fraction of sp³-hybridized carbons (Fsp3) is 0.588. The Kier molecular flexibility index (Phi) is 4.87. The number of nitrogens with one attached hydrogen (secondary N) is 1. The van der Waals surface area contributed by atoms with Crippen molar-refractivity contribution in [3.63, 3.8) is 0 Å². The standard InChI is InChI=1S/C17H25N5O2/c1-4-15(16-12(2)20-24-13(16)3)19-17(23)22-8-5-6-14(22)10-21-9-7-18-11-21/h7,9,11,14-15H,4-6,8,10H2,1-3H3,(H,19,23)/t14-,15+/m1/s1. The molecule has 2 aromatic heterocycles. The Hall–Kier alpha value is -2.31. The maximum Gasteiger partial charge on any atom is 0.318 e. The third kappa shape index (κ3) is 3.29. The number of urea groups is 1. The van der Waals surface area contributed by atoms with Gasteiger partial charge in [0.15, 0.2) is 0 Å². The molecule has 0 aliphatic carbocycles. The number of rotatable bonds is 5. The van der Waals surface area contributed by atoms with Crippen LogP contribution in [0.5, 0.6) is 0 Å². The highest BCUT2D eigenvalue weighted by Gasteiger charge is 2.31. The van der Waals surface area contributed by atoms with Crippen molar-refractivity contribution in [2.45, 2.75) is 58.7 Å². The lowest BCUT2D eigenvalue weighted by atomic mass is 10.0. The van der Waals surface area contributed by atoms with E-state index in [1.807, 2.05) is 29.5 Å². The first-order chi connectivity index (χ1) is 11.6. The van der Waals surface area contributed by atoms with E-state index in [9.17, 15) is 4.79 Å². The summed E-state index contributed by atoms with van der Waals surface area (Å²) in [5, 5.41) is 7.17. The molecule has 1 aliphatic rings. The molecule has 24 heavy (non-hydrogen) atoms. The molecular formula is C17H25N5O2. The van der Waals surface area contributed by atoms with E-state index in [-0.39, 0.29) is 18.1 Å². The molecule has 2 amide bonds. The number of carbonyl (C=O) groups is 1. The SMILES string of the molecule is CC[C@H](NC(=O)N1CCC[C@@H]1Cn1ccnc1)c1c(C)noc1C. The molecule has 0 aromatic carbocycles. The monoisotopic (exact) mass is 331 g/mol. The van der Waals surface area contributed by atoms with Crippen LogP contribution in [0.4, 0.5) is 4.79 Å². The minimum atomic E-state index is -0.0711. The zero-order chi connectivity index (χ0) is 17.1. The maximum atomic E-state index is 12.8. The summed E-state index contributed by atoms with van der Waals surface area (Å²) in [6, 6.07) is 0.129. The second-order valence-corrected chi connectivity index (χ2v) is 6.40. The van der Waals surface area contributed by atoms with Gasteiger partial charge < -0.3 is 19.3 Å². The number of aryl methyl sites for hydroxylation is 2. The number of likely N-dealkylation sites (tertiary alicyclic amines) is 1. The van der Waals surface area contributed by atoms with Gasteiger partial charge in [0.25, 0.3) is 0 Å². The molecule has 0 unspecified atom stereocenters. The molecule has 3 rings (SSSR count). The van der Waals surface area contributed by atoms with Gasteiger partial charge in [-0.1, -0.05) is 12.1 Å². The zero-order valence-electron chi connectivity index (χ0n) is 14.5. The second kappa shape index (κ2) is 7.07. The minimum absolute atomic E-state index is 0.00975. The van der Waals surface area contributed by atoms with Gasteiger partial charge in [0.1, 0.15) is 5.76 Å². The normalized spacial score (nSPS) is 18.8. The van der Waals surface area contributed by atoms with Crippen molar-refractivity contribution in [3.05, 3.63) is 35.7 Å². The fourth-order valence-corrected chi connectivity index (χ4v) is 3.53. The molecule has 1 fully saturated rings. The molecule has 1 N–H and O–H groups in total. The summed E-state index contributed by atoms with van der Waals surface area (Å²) in [4.78, 5) is 18.8. The zero-order valence-corrected chi connectivity index (χ0v) is 14.5. The molecule has 2 atom stereocenters. The van der Waals surface area contributed by atoms with Gasteiger partial charge in [0.2, 0.25) is 0 Å². The van der Waals surface area contributed by atoms with Gasteiger partial charge in [0, 0.05) is 31.0 Å². The Bertz CT molecular complexity index is 660. The topological polar surface area (TPSA) is 76.2 Å². The number of hydrogen-bond acceptors (Lipinski definition) is 4. The van der Waals surface area contributed by atoms with E-state index >= 15 is 0 Å². The van der Waals surface area contributed by atoms with Crippen LogP contribution in [-0.4, -0.2) is 38.2 Å². The Balaban J connectivity index is 1.68. The molecule has 0 saturated carbocycles. The summed E-state index contributed by atoms with van der Waals surface area (Å²) >= 11 is 0. The average Bonchev–Trinajstić information content (AvgIpc) is 3.29. The summed E-state index contributed by atoms with van der Waals surface area (Å²) in [6.07, 6.45) is 8.36.